The first-order valence-corrected chi connectivity index (χ1v) is 7.87. The summed E-state index contributed by atoms with van der Waals surface area (Å²) in [5.41, 5.74) is 0.0806. The number of methoxy groups -OCH3 is 1. The van der Waals surface area contributed by atoms with Gasteiger partial charge in [0.25, 0.3) is 5.91 Å². The van der Waals surface area contributed by atoms with Crippen molar-refractivity contribution in [3.63, 3.8) is 0 Å². The third kappa shape index (κ3) is 5.11. The number of alkyl halides is 2. The van der Waals surface area contributed by atoms with Crippen LogP contribution in [0.25, 0.3) is 0 Å². The van der Waals surface area contributed by atoms with Gasteiger partial charge < -0.3 is 19.9 Å². The Morgan fingerprint density at radius 2 is 2.12 bits per heavy atom. The van der Waals surface area contributed by atoms with E-state index in [4.69, 9.17) is 9.84 Å². The van der Waals surface area contributed by atoms with Crippen molar-refractivity contribution in [2.75, 3.05) is 13.7 Å². The second kappa shape index (κ2) is 8.38. The highest BCUT2D eigenvalue weighted by Crippen LogP contribution is 2.29. The van der Waals surface area contributed by atoms with E-state index in [1.807, 2.05) is 0 Å². The molecule has 0 atom stereocenters. The van der Waals surface area contributed by atoms with Gasteiger partial charge in [0, 0.05) is 23.9 Å². The third-order valence-electron chi connectivity index (χ3n) is 3.04. The van der Waals surface area contributed by atoms with Crippen LogP contribution in [0.3, 0.4) is 0 Å². The van der Waals surface area contributed by atoms with Gasteiger partial charge in [-0.2, -0.15) is 8.78 Å². The largest absolute Gasteiger partial charge is 0.493 e. The molecule has 1 aromatic carbocycles. The summed E-state index contributed by atoms with van der Waals surface area (Å²) in [6.07, 6.45) is 0.347. The van der Waals surface area contributed by atoms with Gasteiger partial charge in [-0.3, -0.25) is 4.79 Å². The average molecular weight is 372 g/mol. The molecular weight excluding hydrogens is 358 g/mol. The number of carbonyl (C=O) groups excluding carboxylic acids is 1. The smallest absolute Gasteiger partial charge is 0.387 e. The summed E-state index contributed by atoms with van der Waals surface area (Å²) in [5.74, 6) is -1.76. The zero-order chi connectivity index (χ0) is 18.4. The summed E-state index contributed by atoms with van der Waals surface area (Å²) in [6.45, 7) is -2.83. The van der Waals surface area contributed by atoms with Gasteiger partial charge in [-0.1, -0.05) is 0 Å². The Bertz CT molecular complexity index is 766. The SMILES string of the molecule is COc1ccc(C(=O)NCCc2nc(C(=O)O)cs2)cc1OC(F)F. The summed E-state index contributed by atoms with van der Waals surface area (Å²) < 4.78 is 34.0. The number of rotatable bonds is 8. The van der Waals surface area contributed by atoms with Crippen molar-refractivity contribution >= 4 is 23.2 Å². The minimum atomic E-state index is -3.04. The number of aromatic carboxylic acids is 1. The first-order valence-electron chi connectivity index (χ1n) is 6.99. The molecule has 0 radical (unpaired) electrons. The predicted molar refractivity (Wildman–Crippen MR) is 84.7 cm³/mol. The summed E-state index contributed by atoms with van der Waals surface area (Å²) in [5, 5.41) is 13.4. The zero-order valence-electron chi connectivity index (χ0n) is 13.0. The number of thiazole rings is 1. The predicted octanol–water partition coefficient (Wildman–Crippen LogP) is 2.42. The fraction of sp³-hybridized carbons (Fsp3) is 0.267. The van der Waals surface area contributed by atoms with Crippen molar-refractivity contribution in [3.8, 4) is 11.5 Å². The Morgan fingerprint density at radius 1 is 1.36 bits per heavy atom. The van der Waals surface area contributed by atoms with Crippen molar-refractivity contribution in [3.05, 3.63) is 39.8 Å². The molecule has 2 aromatic rings. The zero-order valence-corrected chi connectivity index (χ0v) is 13.8. The number of nitrogens with one attached hydrogen (secondary N) is 1. The molecule has 0 fully saturated rings. The molecule has 0 spiro atoms. The van der Waals surface area contributed by atoms with Gasteiger partial charge in [-0.15, -0.1) is 11.3 Å². The van der Waals surface area contributed by atoms with Gasteiger partial charge >= 0.3 is 12.6 Å². The first-order chi connectivity index (χ1) is 11.9. The maximum atomic E-state index is 12.4. The molecule has 1 heterocycles. The van der Waals surface area contributed by atoms with Crippen molar-refractivity contribution in [1.29, 1.82) is 0 Å². The number of halogens is 2. The second-order valence-electron chi connectivity index (χ2n) is 4.68. The Hall–Kier alpha value is -2.75. The van der Waals surface area contributed by atoms with Crippen LogP contribution in [0.4, 0.5) is 8.78 Å². The molecule has 0 unspecified atom stereocenters. The van der Waals surface area contributed by atoms with E-state index < -0.39 is 18.5 Å². The first kappa shape index (κ1) is 18.6. The van der Waals surface area contributed by atoms with Crippen LogP contribution < -0.4 is 14.8 Å². The number of hydrogen-bond acceptors (Lipinski definition) is 6. The van der Waals surface area contributed by atoms with E-state index in [1.54, 1.807) is 0 Å². The van der Waals surface area contributed by atoms with Crippen LogP contribution >= 0.6 is 11.3 Å². The van der Waals surface area contributed by atoms with E-state index in [9.17, 15) is 18.4 Å². The Labute approximate surface area is 145 Å². The number of benzene rings is 1. The second-order valence-corrected chi connectivity index (χ2v) is 5.62. The molecule has 1 amide bonds. The lowest BCUT2D eigenvalue weighted by atomic mass is 10.2. The van der Waals surface area contributed by atoms with Gasteiger partial charge in [-0.25, -0.2) is 9.78 Å². The van der Waals surface area contributed by atoms with E-state index in [0.29, 0.717) is 11.4 Å². The number of amides is 1. The molecule has 0 aliphatic heterocycles. The Balaban J connectivity index is 1.96. The van der Waals surface area contributed by atoms with Crippen LogP contribution in [-0.2, 0) is 6.42 Å². The highest BCUT2D eigenvalue weighted by atomic mass is 32.1. The van der Waals surface area contributed by atoms with Gasteiger partial charge in [0.2, 0.25) is 0 Å². The number of carbonyl (C=O) groups is 2. The van der Waals surface area contributed by atoms with Crippen molar-refractivity contribution in [2.45, 2.75) is 13.0 Å². The van der Waals surface area contributed by atoms with Crippen LogP contribution in [0.2, 0.25) is 0 Å². The van der Waals surface area contributed by atoms with E-state index in [-0.39, 0.29) is 29.3 Å². The average Bonchev–Trinajstić information content (AvgIpc) is 3.03. The molecule has 0 saturated carbocycles. The molecule has 0 saturated heterocycles. The summed E-state index contributed by atoms with van der Waals surface area (Å²) in [6, 6.07) is 3.93. The Morgan fingerprint density at radius 3 is 2.72 bits per heavy atom. The van der Waals surface area contributed by atoms with Gasteiger partial charge in [0.1, 0.15) is 0 Å². The topological polar surface area (TPSA) is 97.8 Å². The van der Waals surface area contributed by atoms with Crippen LogP contribution in [-0.4, -0.2) is 42.2 Å². The maximum absolute atomic E-state index is 12.4. The van der Waals surface area contributed by atoms with E-state index in [0.717, 1.165) is 6.07 Å². The van der Waals surface area contributed by atoms with Crippen LogP contribution in [0, 0.1) is 0 Å². The lowest BCUT2D eigenvalue weighted by Gasteiger charge is -2.11. The molecule has 10 heteroatoms. The summed E-state index contributed by atoms with van der Waals surface area (Å²) in [4.78, 5) is 26.7. The van der Waals surface area contributed by atoms with Crippen molar-refractivity contribution in [1.82, 2.24) is 10.3 Å². The van der Waals surface area contributed by atoms with Crippen LogP contribution in [0.15, 0.2) is 23.6 Å². The molecule has 2 N–H and O–H groups in total. The van der Waals surface area contributed by atoms with Crippen LogP contribution in [0.1, 0.15) is 25.9 Å². The molecule has 0 bridgehead atoms. The number of ether oxygens (including phenoxy) is 2. The highest BCUT2D eigenvalue weighted by molar-refractivity contribution is 7.09. The van der Waals surface area contributed by atoms with Crippen LogP contribution in [0.5, 0.6) is 11.5 Å². The van der Waals surface area contributed by atoms with Gasteiger partial charge in [0.05, 0.1) is 12.1 Å². The van der Waals surface area contributed by atoms with Crippen molar-refractivity contribution in [2.24, 2.45) is 0 Å². The molecule has 0 aliphatic carbocycles. The van der Waals surface area contributed by atoms with Gasteiger partial charge in [-0.05, 0) is 18.2 Å². The lowest BCUT2D eigenvalue weighted by Crippen LogP contribution is -2.25. The maximum Gasteiger partial charge on any atom is 0.387 e. The normalized spacial score (nSPS) is 10.6. The summed E-state index contributed by atoms with van der Waals surface area (Å²) >= 11 is 1.18. The van der Waals surface area contributed by atoms with E-state index in [2.05, 4.69) is 15.0 Å². The lowest BCUT2D eigenvalue weighted by molar-refractivity contribution is -0.0512. The molecule has 1 aromatic heterocycles. The quantitative estimate of drug-likeness (QED) is 0.739. The molecular formula is C15H14F2N2O5S. The van der Waals surface area contributed by atoms with E-state index >= 15 is 0 Å². The van der Waals surface area contributed by atoms with Crippen molar-refractivity contribution < 1.29 is 33.0 Å². The fourth-order valence-corrected chi connectivity index (χ4v) is 2.69. The number of carboxylic acid groups (broad SMARTS) is 1. The number of nitrogens with zero attached hydrogens (tertiary/aromatic N) is 1. The Kier molecular flexibility index (Phi) is 6.23. The molecule has 134 valence electrons. The highest BCUT2D eigenvalue weighted by Gasteiger charge is 2.15. The monoisotopic (exact) mass is 372 g/mol. The minimum absolute atomic E-state index is 0.0460. The molecule has 2 rings (SSSR count). The number of aromatic nitrogens is 1. The number of hydrogen-bond donors (Lipinski definition) is 2. The van der Waals surface area contributed by atoms with E-state index in [1.165, 1.54) is 36.0 Å². The minimum Gasteiger partial charge on any atom is -0.493 e. The molecule has 0 aliphatic rings. The standard InChI is InChI=1S/C15H14F2N2O5S/c1-23-10-3-2-8(6-11(10)24-15(16)17)13(20)18-5-4-12-19-9(7-25-12)14(21)22/h2-3,6-7,15H,4-5H2,1H3,(H,18,20)(H,21,22). The number of carboxylic acids is 1. The summed E-state index contributed by atoms with van der Waals surface area (Å²) in [7, 11) is 1.30. The van der Waals surface area contributed by atoms with Gasteiger partial charge in [0.15, 0.2) is 17.2 Å². The fourth-order valence-electron chi connectivity index (χ4n) is 1.91. The molecule has 7 nitrogen and oxygen atoms in total. The third-order valence-corrected chi connectivity index (χ3v) is 3.95. The molecule has 25 heavy (non-hydrogen) atoms.